The van der Waals surface area contributed by atoms with Crippen LogP contribution in [-0.4, -0.2) is 50.9 Å². The van der Waals surface area contributed by atoms with Gasteiger partial charge < -0.3 is 10.1 Å². The quantitative estimate of drug-likeness (QED) is 0.891. The first-order valence-corrected chi connectivity index (χ1v) is 9.47. The van der Waals surface area contributed by atoms with E-state index in [0.717, 1.165) is 5.56 Å². The number of rotatable bonds is 2. The van der Waals surface area contributed by atoms with Crippen molar-refractivity contribution in [3.05, 3.63) is 29.8 Å². The molecule has 1 amide bonds. The third-order valence-electron chi connectivity index (χ3n) is 3.56. The number of hydrogen-bond donors (Lipinski definition) is 1. The number of carbonyl (C=O) groups is 1. The summed E-state index contributed by atoms with van der Waals surface area (Å²) in [6.07, 6.45) is 0.827. The number of nitrogens with one attached hydrogen (secondary N) is 1. The van der Waals surface area contributed by atoms with Crippen LogP contribution in [0.4, 0.5) is 4.79 Å². The zero-order valence-corrected chi connectivity index (χ0v) is 14.8. The van der Waals surface area contributed by atoms with Gasteiger partial charge >= 0.3 is 6.09 Å². The highest BCUT2D eigenvalue weighted by Gasteiger charge is 2.31. The van der Waals surface area contributed by atoms with Crippen LogP contribution in [0.2, 0.25) is 0 Å². The molecule has 0 spiro atoms. The molecule has 1 unspecified atom stereocenters. The van der Waals surface area contributed by atoms with Crippen LogP contribution in [0.3, 0.4) is 0 Å². The minimum absolute atomic E-state index is 0.174. The Balaban J connectivity index is 2.23. The van der Waals surface area contributed by atoms with Crippen LogP contribution in [-0.2, 0) is 14.6 Å². The minimum Gasteiger partial charge on any atom is -0.444 e. The third kappa shape index (κ3) is 4.68. The maximum Gasteiger partial charge on any atom is 0.410 e. The molecule has 1 heterocycles. The topological polar surface area (TPSA) is 75.7 Å². The molecule has 0 bridgehead atoms. The molecule has 2 rings (SSSR count). The number of carbonyl (C=O) groups excluding carboxylic acids is 1. The second kappa shape index (κ2) is 6.49. The van der Waals surface area contributed by atoms with E-state index in [4.69, 9.17) is 4.74 Å². The van der Waals surface area contributed by atoms with Gasteiger partial charge in [-0.05, 0) is 38.5 Å². The van der Waals surface area contributed by atoms with E-state index >= 15 is 0 Å². The molecule has 0 aromatic heterocycles. The molecule has 1 saturated heterocycles. The molecule has 1 aliphatic rings. The molecule has 1 aromatic rings. The highest BCUT2D eigenvalue weighted by Crippen LogP contribution is 2.25. The molecule has 23 heavy (non-hydrogen) atoms. The van der Waals surface area contributed by atoms with Gasteiger partial charge in [-0.1, -0.05) is 12.1 Å². The van der Waals surface area contributed by atoms with Crippen molar-refractivity contribution in [1.82, 2.24) is 10.2 Å². The van der Waals surface area contributed by atoms with Crippen LogP contribution in [0.15, 0.2) is 29.2 Å². The first-order chi connectivity index (χ1) is 10.6. The SMILES string of the molecule is CC(C)(C)OC(=O)N1CCNCC1c1ccc(S(C)(=O)=O)cc1. The summed E-state index contributed by atoms with van der Waals surface area (Å²) in [5.74, 6) is 0. The van der Waals surface area contributed by atoms with E-state index < -0.39 is 15.4 Å². The number of amides is 1. The smallest absolute Gasteiger partial charge is 0.410 e. The largest absolute Gasteiger partial charge is 0.444 e. The summed E-state index contributed by atoms with van der Waals surface area (Å²) in [7, 11) is -3.23. The predicted octanol–water partition coefficient (Wildman–Crippen LogP) is 1.97. The van der Waals surface area contributed by atoms with E-state index in [1.165, 1.54) is 6.26 Å². The van der Waals surface area contributed by atoms with Crippen molar-refractivity contribution in [3.8, 4) is 0 Å². The Bertz CT molecular complexity index is 662. The highest BCUT2D eigenvalue weighted by atomic mass is 32.2. The van der Waals surface area contributed by atoms with Gasteiger partial charge in [0.25, 0.3) is 0 Å². The Morgan fingerprint density at radius 2 is 1.87 bits per heavy atom. The molecule has 1 atom stereocenters. The number of ether oxygens (including phenoxy) is 1. The normalized spacial score (nSPS) is 19.5. The standard InChI is InChI=1S/C16H24N2O4S/c1-16(2,3)22-15(19)18-10-9-17-11-14(18)12-5-7-13(8-6-12)23(4,20)21/h5-8,14,17H,9-11H2,1-4H3. The van der Waals surface area contributed by atoms with Crippen LogP contribution in [0, 0.1) is 0 Å². The number of piperazine rings is 1. The Labute approximate surface area is 137 Å². The fourth-order valence-corrected chi connectivity index (χ4v) is 3.11. The Morgan fingerprint density at radius 1 is 1.26 bits per heavy atom. The predicted molar refractivity (Wildman–Crippen MR) is 88.1 cm³/mol. The fourth-order valence-electron chi connectivity index (χ4n) is 2.48. The van der Waals surface area contributed by atoms with Gasteiger partial charge in [-0.15, -0.1) is 0 Å². The molecule has 1 aromatic carbocycles. The van der Waals surface area contributed by atoms with Gasteiger partial charge in [0.15, 0.2) is 9.84 Å². The summed E-state index contributed by atoms with van der Waals surface area (Å²) in [6, 6.07) is 6.49. The Kier molecular flexibility index (Phi) is 5.01. The zero-order chi connectivity index (χ0) is 17.3. The second-order valence-corrected chi connectivity index (χ2v) is 8.75. The van der Waals surface area contributed by atoms with Crippen molar-refractivity contribution < 1.29 is 17.9 Å². The third-order valence-corrected chi connectivity index (χ3v) is 4.69. The van der Waals surface area contributed by atoms with Crippen molar-refractivity contribution in [1.29, 1.82) is 0 Å². The number of nitrogens with zero attached hydrogens (tertiary/aromatic N) is 1. The van der Waals surface area contributed by atoms with Crippen molar-refractivity contribution in [2.45, 2.75) is 37.3 Å². The van der Waals surface area contributed by atoms with Crippen molar-refractivity contribution in [2.75, 3.05) is 25.9 Å². The van der Waals surface area contributed by atoms with Crippen molar-refractivity contribution in [2.24, 2.45) is 0 Å². The first kappa shape index (κ1) is 17.7. The number of hydrogen-bond acceptors (Lipinski definition) is 5. The summed E-state index contributed by atoms with van der Waals surface area (Å²) < 4.78 is 28.6. The van der Waals surface area contributed by atoms with Gasteiger partial charge in [0.1, 0.15) is 5.60 Å². The Morgan fingerprint density at radius 3 is 2.39 bits per heavy atom. The minimum atomic E-state index is -3.23. The van der Waals surface area contributed by atoms with Crippen LogP contribution in [0.25, 0.3) is 0 Å². The van der Waals surface area contributed by atoms with E-state index in [0.29, 0.717) is 19.6 Å². The lowest BCUT2D eigenvalue weighted by molar-refractivity contribution is 0.0118. The summed E-state index contributed by atoms with van der Waals surface area (Å²) in [5, 5.41) is 3.26. The van der Waals surface area contributed by atoms with E-state index in [1.807, 2.05) is 20.8 Å². The molecule has 0 saturated carbocycles. The van der Waals surface area contributed by atoms with Crippen LogP contribution < -0.4 is 5.32 Å². The second-order valence-electron chi connectivity index (χ2n) is 6.73. The summed E-state index contributed by atoms with van der Waals surface area (Å²) in [5.41, 5.74) is 0.336. The van der Waals surface area contributed by atoms with Gasteiger partial charge in [0.2, 0.25) is 0 Å². The molecule has 6 nitrogen and oxygen atoms in total. The van der Waals surface area contributed by atoms with Crippen molar-refractivity contribution >= 4 is 15.9 Å². The van der Waals surface area contributed by atoms with Gasteiger partial charge in [0.05, 0.1) is 10.9 Å². The summed E-state index contributed by atoms with van der Waals surface area (Å²) in [6.45, 7) is 7.37. The van der Waals surface area contributed by atoms with Gasteiger partial charge in [-0.25, -0.2) is 13.2 Å². The van der Waals surface area contributed by atoms with E-state index in [-0.39, 0.29) is 17.0 Å². The van der Waals surface area contributed by atoms with Crippen LogP contribution in [0.1, 0.15) is 32.4 Å². The molecule has 1 fully saturated rings. The van der Waals surface area contributed by atoms with Crippen molar-refractivity contribution in [3.63, 3.8) is 0 Å². The molecule has 1 N–H and O–H groups in total. The van der Waals surface area contributed by atoms with Gasteiger partial charge in [-0.2, -0.15) is 0 Å². The maximum atomic E-state index is 12.4. The van der Waals surface area contributed by atoms with Crippen LogP contribution >= 0.6 is 0 Å². The molecule has 0 radical (unpaired) electrons. The maximum absolute atomic E-state index is 12.4. The average molecular weight is 340 g/mol. The average Bonchev–Trinajstić information content (AvgIpc) is 2.45. The van der Waals surface area contributed by atoms with Crippen LogP contribution in [0.5, 0.6) is 0 Å². The molecular formula is C16H24N2O4S. The lowest BCUT2D eigenvalue weighted by Crippen LogP contribution is -2.50. The zero-order valence-electron chi connectivity index (χ0n) is 14.0. The number of benzene rings is 1. The van der Waals surface area contributed by atoms with Gasteiger partial charge in [-0.3, -0.25) is 4.90 Å². The summed E-state index contributed by atoms with van der Waals surface area (Å²) in [4.78, 5) is 14.4. The molecule has 128 valence electrons. The molecule has 1 aliphatic heterocycles. The number of sulfone groups is 1. The van der Waals surface area contributed by atoms with E-state index in [1.54, 1.807) is 29.2 Å². The first-order valence-electron chi connectivity index (χ1n) is 7.58. The van der Waals surface area contributed by atoms with Gasteiger partial charge in [0, 0.05) is 25.9 Å². The molecule has 0 aliphatic carbocycles. The summed E-state index contributed by atoms with van der Waals surface area (Å²) >= 11 is 0. The lowest BCUT2D eigenvalue weighted by atomic mass is 10.0. The Hall–Kier alpha value is -1.60. The molecule has 7 heteroatoms. The van der Waals surface area contributed by atoms with E-state index in [2.05, 4.69) is 5.32 Å². The molecular weight excluding hydrogens is 316 g/mol. The highest BCUT2D eigenvalue weighted by molar-refractivity contribution is 7.90. The van der Waals surface area contributed by atoms with E-state index in [9.17, 15) is 13.2 Å². The fraction of sp³-hybridized carbons (Fsp3) is 0.562. The monoisotopic (exact) mass is 340 g/mol. The lowest BCUT2D eigenvalue weighted by Gasteiger charge is -2.37.